The summed E-state index contributed by atoms with van der Waals surface area (Å²) in [4.78, 5) is 12.2. The minimum absolute atomic E-state index is 0.0980. The van der Waals surface area contributed by atoms with Crippen LogP contribution >= 0.6 is 0 Å². The number of rotatable bonds is 3. The average Bonchev–Trinajstić information content (AvgIpc) is 2.67. The molecule has 0 saturated carbocycles. The van der Waals surface area contributed by atoms with Gasteiger partial charge in [0.1, 0.15) is 5.82 Å². The molecule has 2 aromatic carbocycles. The predicted molar refractivity (Wildman–Crippen MR) is 94.7 cm³/mol. The number of benzene rings is 2. The van der Waals surface area contributed by atoms with Crippen molar-refractivity contribution < 1.29 is 13.9 Å². The van der Waals surface area contributed by atoms with Gasteiger partial charge in [-0.1, -0.05) is 24.0 Å². The van der Waals surface area contributed by atoms with Gasteiger partial charge < -0.3 is 10.1 Å². The van der Waals surface area contributed by atoms with Crippen molar-refractivity contribution in [3.63, 3.8) is 0 Å². The van der Waals surface area contributed by atoms with Gasteiger partial charge in [0.2, 0.25) is 0 Å². The maximum Gasteiger partial charge on any atom is 0.251 e. The Morgan fingerprint density at radius 3 is 2.68 bits per heavy atom. The summed E-state index contributed by atoms with van der Waals surface area (Å²) in [5, 5.41) is 2.95. The zero-order valence-corrected chi connectivity index (χ0v) is 13.9. The molecule has 0 aliphatic carbocycles. The van der Waals surface area contributed by atoms with Gasteiger partial charge in [0, 0.05) is 24.3 Å². The molecule has 1 atom stereocenters. The number of carbonyl (C=O) groups excluding carboxylic acids is 1. The van der Waals surface area contributed by atoms with Gasteiger partial charge in [-0.05, 0) is 55.2 Å². The third kappa shape index (κ3) is 4.91. The molecule has 1 amide bonds. The van der Waals surface area contributed by atoms with Gasteiger partial charge >= 0.3 is 0 Å². The van der Waals surface area contributed by atoms with Gasteiger partial charge in [-0.25, -0.2) is 4.39 Å². The molecule has 128 valence electrons. The van der Waals surface area contributed by atoms with Crippen molar-refractivity contribution in [1.29, 1.82) is 0 Å². The van der Waals surface area contributed by atoms with E-state index in [0.29, 0.717) is 30.2 Å². The first kappa shape index (κ1) is 17.2. The number of amides is 1. The smallest absolute Gasteiger partial charge is 0.251 e. The predicted octanol–water partition coefficient (Wildman–Crippen LogP) is 3.38. The third-order valence-electron chi connectivity index (χ3n) is 4.17. The number of hydrogen-bond donors (Lipinski definition) is 1. The van der Waals surface area contributed by atoms with E-state index < -0.39 is 0 Å². The van der Waals surface area contributed by atoms with Gasteiger partial charge in [-0.15, -0.1) is 0 Å². The number of hydrogen-bond acceptors (Lipinski definition) is 2. The lowest BCUT2D eigenvalue weighted by molar-refractivity contribution is 0.0536. The highest BCUT2D eigenvalue weighted by molar-refractivity contribution is 5.94. The molecule has 0 radical (unpaired) electrons. The van der Waals surface area contributed by atoms with Crippen LogP contribution in [0.5, 0.6) is 0 Å². The molecule has 1 heterocycles. The molecule has 2 aromatic rings. The normalized spacial score (nSPS) is 16.6. The van der Waals surface area contributed by atoms with Crippen LogP contribution in [0, 0.1) is 23.6 Å². The Balaban J connectivity index is 1.58. The lowest BCUT2D eigenvalue weighted by atomic mass is 10.0. The number of carbonyl (C=O) groups is 1. The van der Waals surface area contributed by atoms with E-state index in [1.165, 1.54) is 6.07 Å². The summed E-state index contributed by atoms with van der Waals surface area (Å²) in [5.41, 5.74) is 1.69. The quantitative estimate of drug-likeness (QED) is 0.872. The molecule has 0 aromatic heterocycles. The number of halogens is 1. The topological polar surface area (TPSA) is 38.3 Å². The van der Waals surface area contributed by atoms with Crippen LogP contribution in [0.2, 0.25) is 0 Å². The summed E-state index contributed by atoms with van der Waals surface area (Å²) in [6.45, 7) is 2.17. The van der Waals surface area contributed by atoms with Crippen LogP contribution in [0.15, 0.2) is 48.5 Å². The standard InChI is InChI=1S/C21H20FNO2/c22-20-6-2-1-5-18(20)10-7-16-8-11-19(12-9-16)21(24)23-14-17-4-3-13-25-15-17/h1-2,5-6,8-9,11-12,17H,3-4,13-15H2,(H,23,24). The van der Waals surface area contributed by atoms with E-state index in [2.05, 4.69) is 17.2 Å². The summed E-state index contributed by atoms with van der Waals surface area (Å²) in [7, 11) is 0. The van der Waals surface area contributed by atoms with E-state index in [0.717, 1.165) is 25.0 Å². The van der Waals surface area contributed by atoms with Gasteiger partial charge in [0.15, 0.2) is 0 Å². The molecule has 1 saturated heterocycles. The van der Waals surface area contributed by atoms with Gasteiger partial charge in [0.25, 0.3) is 5.91 Å². The Bertz CT molecular complexity index is 784. The Morgan fingerprint density at radius 2 is 1.96 bits per heavy atom. The lowest BCUT2D eigenvalue weighted by Gasteiger charge is -2.22. The fourth-order valence-corrected chi connectivity index (χ4v) is 2.71. The maximum atomic E-state index is 13.5. The van der Waals surface area contributed by atoms with Crippen molar-refractivity contribution in [3.8, 4) is 11.8 Å². The number of ether oxygens (including phenoxy) is 1. The highest BCUT2D eigenvalue weighted by atomic mass is 19.1. The molecule has 25 heavy (non-hydrogen) atoms. The molecular formula is C21H20FNO2. The second-order valence-electron chi connectivity index (χ2n) is 6.10. The first-order valence-electron chi connectivity index (χ1n) is 8.45. The number of nitrogens with one attached hydrogen (secondary N) is 1. The summed E-state index contributed by atoms with van der Waals surface area (Å²) in [5.74, 6) is 5.68. The van der Waals surface area contributed by atoms with Gasteiger partial charge in [-0.3, -0.25) is 4.79 Å². The van der Waals surface area contributed by atoms with Crippen molar-refractivity contribution >= 4 is 5.91 Å². The second kappa shape index (κ2) is 8.46. The molecule has 0 bridgehead atoms. The van der Waals surface area contributed by atoms with E-state index in [1.54, 1.807) is 42.5 Å². The fourth-order valence-electron chi connectivity index (χ4n) is 2.71. The van der Waals surface area contributed by atoms with E-state index in [4.69, 9.17) is 4.74 Å². The van der Waals surface area contributed by atoms with Crippen molar-refractivity contribution in [2.24, 2.45) is 5.92 Å². The van der Waals surface area contributed by atoms with Gasteiger partial charge in [-0.2, -0.15) is 0 Å². The molecule has 3 rings (SSSR count). The zero-order valence-electron chi connectivity index (χ0n) is 13.9. The van der Waals surface area contributed by atoms with Crippen molar-refractivity contribution in [1.82, 2.24) is 5.32 Å². The summed E-state index contributed by atoms with van der Waals surface area (Å²) < 4.78 is 19.0. The SMILES string of the molecule is O=C(NCC1CCCOC1)c1ccc(C#Cc2ccccc2F)cc1. The fraction of sp³-hybridized carbons (Fsp3) is 0.286. The monoisotopic (exact) mass is 337 g/mol. The molecule has 0 spiro atoms. The molecule has 1 aliphatic rings. The minimum atomic E-state index is -0.335. The Morgan fingerprint density at radius 1 is 1.16 bits per heavy atom. The Labute approximate surface area is 147 Å². The van der Waals surface area contributed by atoms with Crippen LogP contribution < -0.4 is 5.32 Å². The highest BCUT2D eigenvalue weighted by Crippen LogP contribution is 2.12. The summed E-state index contributed by atoms with van der Waals surface area (Å²) in [6, 6.07) is 13.4. The molecule has 1 fully saturated rings. The van der Waals surface area contributed by atoms with E-state index in [1.807, 2.05) is 0 Å². The Kier molecular flexibility index (Phi) is 5.81. The largest absolute Gasteiger partial charge is 0.381 e. The highest BCUT2D eigenvalue weighted by Gasteiger charge is 2.15. The molecule has 1 N–H and O–H groups in total. The summed E-state index contributed by atoms with van der Waals surface area (Å²) in [6.07, 6.45) is 2.14. The Hall–Kier alpha value is -2.64. The molecular weight excluding hydrogens is 317 g/mol. The first-order valence-corrected chi connectivity index (χ1v) is 8.45. The van der Waals surface area contributed by atoms with Crippen LogP contribution in [0.25, 0.3) is 0 Å². The summed E-state index contributed by atoms with van der Waals surface area (Å²) >= 11 is 0. The van der Waals surface area contributed by atoms with Crippen molar-refractivity contribution in [2.75, 3.05) is 19.8 Å². The minimum Gasteiger partial charge on any atom is -0.381 e. The third-order valence-corrected chi connectivity index (χ3v) is 4.17. The lowest BCUT2D eigenvalue weighted by Crippen LogP contribution is -2.33. The molecule has 1 unspecified atom stereocenters. The second-order valence-corrected chi connectivity index (χ2v) is 6.10. The van der Waals surface area contributed by atoms with Crippen LogP contribution in [0.4, 0.5) is 4.39 Å². The first-order chi connectivity index (χ1) is 12.2. The average molecular weight is 337 g/mol. The van der Waals surface area contributed by atoms with Crippen LogP contribution in [-0.4, -0.2) is 25.7 Å². The van der Waals surface area contributed by atoms with E-state index >= 15 is 0 Å². The maximum absolute atomic E-state index is 13.5. The zero-order chi connectivity index (χ0) is 17.5. The molecule has 3 nitrogen and oxygen atoms in total. The van der Waals surface area contributed by atoms with E-state index in [9.17, 15) is 9.18 Å². The van der Waals surface area contributed by atoms with Crippen LogP contribution in [-0.2, 0) is 4.74 Å². The van der Waals surface area contributed by atoms with Crippen molar-refractivity contribution in [3.05, 3.63) is 71.0 Å². The molecule has 1 aliphatic heterocycles. The van der Waals surface area contributed by atoms with Crippen LogP contribution in [0.1, 0.15) is 34.3 Å². The van der Waals surface area contributed by atoms with Crippen molar-refractivity contribution in [2.45, 2.75) is 12.8 Å². The van der Waals surface area contributed by atoms with E-state index in [-0.39, 0.29) is 11.7 Å². The van der Waals surface area contributed by atoms with Crippen LogP contribution in [0.3, 0.4) is 0 Å². The van der Waals surface area contributed by atoms with Gasteiger partial charge in [0.05, 0.1) is 12.2 Å². The molecule has 4 heteroatoms.